The monoisotopic (exact) mass is 160 g/mol. The SMILES string of the molecule is C=C(C)C.CC(=O)OCCO. The van der Waals surface area contributed by atoms with Crippen LogP contribution >= 0.6 is 0 Å². The predicted molar refractivity (Wildman–Crippen MR) is 44.2 cm³/mol. The molecule has 0 saturated heterocycles. The van der Waals surface area contributed by atoms with Crippen LogP contribution in [-0.2, 0) is 9.53 Å². The molecule has 0 radical (unpaired) electrons. The molecule has 0 spiro atoms. The van der Waals surface area contributed by atoms with E-state index in [4.69, 9.17) is 5.11 Å². The third-order valence-corrected chi connectivity index (χ3v) is 0.397. The zero-order chi connectivity index (χ0) is 9.28. The highest BCUT2D eigenvalue weighted by Crippen LogP contribution is 1.73. The minimum Gasteiger partial charge on any atom is -0.463 e. The van der Waals surface area contributed by atoms with E-state index in [1.165, 1.54) is 12.5 Å². The van der Waals surface area contributed by atoms with Crippen LogP contribution in [0.4, 0.5) is 0 Å². The zero-order valence-corrected chi connectivity index (χ0v) is 7.39. The van der Waals surface area contributed by atoms with E-state index >= 15 is 0 Å². The van der Waals surface area contributed by atoms with Crippen LogP contribution in [-0.4, -0.2) is 24.3 Å². The molecule has 1 N–H and O–H groups in total. The standard InChI is InChI=1S/C4H8O3.C4H8/c1-4(6)7-3-2-5;1-4(2)3/h5H,2-3H2,1H3;1H2,2-3H3. The number of esters is 1. The number of allylic oxidation sites excluding steroid dienone is 1. The van der Waals surface area contributed by atoms with Crippen molar-refractivity contribution >= 4 is 5.97 Å². The Bertz CT molecular complexity index is 115. The predicted octanol–water partition coefficient (Wildman–Crippen LogP) is 1.12. The van der Waals surface area contributed by atoms with Crippen molar-refractivity contribution in [2.24, 2.45) is 0 Å². The molecule has 0 heterocycles. The number of rotatable bonds is 2. The minimum atomic E-state index is -0.353. The molecule has 0 aliphatic carbocycles. The van der Waals surface area contributed by atoms with Gasteiger partial charge in [-0.3, -0.25) is 4.79 Å². The molecule has 66 valence electrons. The Morgan fingerprint density at radius 1 is 1.45 bits per heavy atom. The fourth-order valence-electron chi connectivity index (χ4n) is 0.189. The molecule has 0 aromatic carbocycles. The van der Waals surface area contributed by atoms with E-state index in [1.54, 1.807) is 0 Å². The lowest BCUT2D eigenvalue weighted by Gasteiger charge is -1.93. The number of aliphatic hydroxyl groups excluding tert-OH is 1. The van der Waals surface area contributed by atoms with Gasteiger partial charge in [0.25, 0.3) is 0 Å². The molecule has 0 rings (SSSR count). The van der Waals surface area contributed by atoms with Gasteiger partial charge in [0.05, 0.1) is 6.61 Å². The summed E-state index contributed by atoms with van der Waals surface area (Å²) in [4.78, 5) is 9.87. The third-order valence-electron chi connectivity index (χ3n) is 0.397. The molecule has 3 heteroatoms. The van der Waals surface area contributed by atoms with E-state index in [1.807, 2.05) is 13.8 Å². The Labute approximate surface area is 67.7 Å². The first kappa shape index (κ1) is 12.8. The molecule has 0 unspecified atom stereocenters. The normalized spacial score (nSPS) is 7.64. The Morgan fingerprint density at radius 2 is 1.82 bits per heavy atom. The molecule has 0 aromatic rings. The van der Waals surface area contributed by atoms with Crippen molar-refractivity contribution in [3.05, 3.63) is 12.2 Å². The first-order valence-electron chi connectivity index (χ1n) is 3.37. The van der Waals surface area contributed by atoms with E-state index in [2.05, 4.69) is 11.3 Å². The topological polar surface area (TPSA) is 46.5 Å². The van der Waals surface area contributed by atoms with Crippen LogP contribution in [0.15, 0.2) is 12.2 Å². The van der Waals surface area contributed by atoms with E-state index < -0.39 is 0 Å². The average Bonchev–Trinajstić information content (AvgIpc) is 1.82. The Hall–Kier alpha value is -0.830. The molecule has 0 aliphatic heterocycles. The van der Waals surface area contributed by atoms with Crippen molar-refractivity contribution < 1.29 is 14.6 Å². The molecule has 0 bridgehead atoms. The van der Waals surface area contributed by atoms with E-state index in [9.17, 15) is 4.79 Å². The smallest absolute Gasteiger partial charge is 0.302 e. The lowest BCUT2D eigenvalue weighted by molar-refractivity contribution is -0.141. The summed E-state index contributed by atoms with van der Waals surface area (Å²) in [6.07, 6.45) is 0. The highest BCUT2D eigenvalue weighted by Gasteiger charge is 1.86. The van der Waals surface area contributed by atoms with Gasteiger partial charge < -0.3 is 9.84 Å². The fraction of sp³-hybridized carbons (Fsp3) is 0.625. The van der Waals surface area contributed by atoms with Crippen LogP contribution in [0.2, 0.25) is 0 Å². The Balaban J connectivity index is 0. The third kappa shape index (κ3) is 46.9. The van der Waals surface area contributed by atoms with Crippen LogP contribution in [0, 0.1) is 0 Å². The quantitative estimate of drug-likeness (QED) is 0.486. The van der Waals surface area contributed by atoms with Crippen molar-refractivity contribution in [2.45, 2.75) is 20.8 Å². The van der Waals surface area contributed by atoms with E-state index in [0.29, 0.717) is 0 Å². The summed E-state index contributed by atoms with van der Waals surface area (Å²) in [6, 6.07) is 0. The minimum absolute atomic E-state index is 0.0976. The second-order valence-corrected chi connectivity index (χ2v) is 2.27. The second kappa shape index (κ2) is 9.17. The molecule has 0 amide bonds. The average molecular weight is 160 g/mol. The number of aliphatic hydroxyl groups is 1. The lowest BCUT2D eigenvalue weighted by atomic mass is 10.4. The summed E-state index contributed by atoms with van der Waals surface area (Å²) >= 11 is 0. The summed E-state index contributed by atoms with van der Waals surface area (Å²) in [6.45, 7) is 8.81. The molecule has 0 saturated carbocycles. The lowest BCUT2D eigenvalue weighted by Crippen LogP contribution is -2.03. The first-order chi connectivity index (χ1) is 5.00. The van der Waals surface area contributed by atoms with Crippen LogP contribution in [0.3, 0.4) is 0 Å². The van der Waals surface area contributed by atoms with Crippen molar-refractivity contribution in [3.8, 4) is 0 Å². The van der Waals surface area contributed by atoms with Gasteiger partial charge in [-0.1, -0.05) is 5.57 Å². The molecule has 0 fully saturated rings. The zero-order valence-electron chi connectivity index (χ0n) is 7.39. The first-order valence-corrected chi connectivity index (χ1v) is 3.37. The van der Waals surface area contributed by atoms with Crippen LogP contribution in [0.1, 0.15) is 20.8 Å². The summed E-state index contributed by atoms with van der Waals surface area (Å²) in [5, 5.41) is 8.04. The largest absolute Gasteiger partial charge is 0.463 e. The van der Waals surface area contributed by atoms with Gasteiger partial charge in [0.1, 0.15) is 6.61 Å². The van der Waals surface area contributed by atoms with E-state index in [-0.39, 0.29) is 19.2 Å². The molecule has 0 atom stereocenters. The van der Waals surface area contributed by atoms with Crippen LogP contribution in [0.5, 0.6) is 0 Å². The summed E-state index contributed by atoms with van der Waals surface area (Å²) in [7, 11) is 0. The van der Waals surface area contributed by atoms with Crippen LogP contribution in [0.25, 0.3) is 0 Å². The van der Waals surface area contributed by atoms with Gasteiger partial charge in [0, 0.05) is 6.92 Å². The van der Waals surface area contributed by atoms with Crippen LogP contribution < -0.4 is 0 Å². The number of hydrogen-bond acceptors (Lipinski definition) is 3. The number of ether oxygens (including phenoxy) is 1. The second-order valence-electron chi connectivity index (χ2n) is 2.27. The van der Waals surface area contributed by atoms with Gasteiger partial charge in [-0.2, -0.15) is 0 Å². The maximum Gasteiger partial charge on any atom is 0.302 e. The van der Waals surface area contributed by atoms with Gasteiger partial charge in [-0.25, -0.2) is 0 Å². The Morgan fingerprint density at radius 3 is 1.91 bits per heavy atom. The summed E-state index contributed by atoms with van der Waals surface area (Å²) < 4.78 is 4.30. The van der Waals surface area contributed by atoms with Gasteiger partial charge in [-0.05, 0) is 13.8 Å². The maximum absolute atomic E-state index is 9.87. The summed E-state index contributed by atoms with van der Waals surface area (Å²) in [5.41, 5.74) is 1.17. The number of carbonyl (C=O) groups excluding carboxylic acids is 1. The van der Waals surface area contributed by atoms with Crippen molar-refractivity contribution in [1.29, 1.82) is 0 Å². The molecule has 11 heavy (non-hydrogen) atoms. The number of carbonyl (C=O) groups is 1. The molecular formula is C8H16O3. The van der Waals surface area contributed by atoms with E-state index in [0.717, 1.165) is 0 Å². The molecule has 3 nitrogen and oxygen atoms in total. The van der Waals surface area contributed by atoms with Crippen molar-refractivity contribution in [1.82, 2.24) is 0 Å². The van der Waals surface area contributed by atoms with Gasteiger partial charge in [0.2, 0.25) is 0 Å². The van der Waals surface area contributed by atoms with Crippen molar-refractivity contribution in [2.75, 3.05) is 13.2 Å². The van der Waals surface area contributed by atoms with Gasteiger partial charge in [0.15, 0.2) is 0 Å². The number of hydrogen-bond donors (Lipinski definition) is 1. The highest BCUT2D eigenvalue weighted by atomic mass is 16.5. The fourth-order valence-corrected chi connectivity index (χ4v) is 0.189. The maximum atomic E-state index is 9.87. The molecule has 0 aromatic heterocycles. The van der Waals surface area contributed by atoms with Gasteiger partial charge >= 0.3 is 5.97 Å². The highest BCUT2D eigenvalue weighted by molar-refractivity contribution is 5.65. The molecule has 0 aliphatic rings. The summed E-state index contributed by atoms with van der Waals surface area (Å²) in [5.74, 6) is -0.353. The molecular weight excluding hydrogens is 144 g/mol. The van der Waals surface area contributed by atoms with Gasteiger partial charge in [-0.15, -0.1) is 6.58 Å². The van der Waals surface area contributed by atoms with Crippen molar-refractivity contribution in [3.63, 3.8) is 0 Å². The Kier molecular flexibility index (Phi) is 10.7.